The monoisotopic (exact) mass is 326 g/mol. The molecule has 3 rings (SSSR count). The number of hydrogen-bond donors (Lipinski definition) is 1. The lowest BCUT2D eigenvalue weighted by atomic mass is 10.1. The molecule has 6 nitrogen and oxygen atoms in total. The number of ether oxygens (including phenoxy) is 1. The Kier molecular flexibility index (Phi) is 5.14. The number of benzene rings is 1. The van der Waals surface area contributed by atoms with E-state index >= 15 is 0 Å². The summed E-state index contributed by atoms with van der Waals surface area (Å²) in [7, 11) is 2.16. The van der Waals surface area contributed by atoms with E-state index in [2.05, 4.69) is 21.8 Å². The van der Waals surface area contributed by atoms with Gasteiger partial charge in [0.25, 0.3) is 5.56 Å². The summed E-state index contributed by atoms with van der Waals surface area (Å²) in [5.41, 5.74) is 0.455. The molecule has 0 bridgehead atoms. The number of nitrogens with one attached hydrogen (secondary N) is 1. The van der Waals surface area contributed by atoms with Crippen molar-refractivity contribution in [1.82, 2.24) is 14.8 Å². The third kappa shape index (κ3) is 3.94. The first-order chi connectivity index (χ1) is 11.7. The topological polar surface area (TPSA) is 72.4 Å². The van der Waals surface area contributed by atoms with E-state index < -0.39 is 0 Å². The van der Waals surface area contributed by atoms with Crippen LogP contribution in [0.25, 0.3) is 10.9 Å². The van der Waals surface area contributed by atoms with Crippen LogP contribution in [-0.4, -0.2) is 61.2 Å². The average Bonchev–Trinajstić information content (AvgIpc) is 2.59. The van der Waals surface area contributed by atoms with E-state index in [1.54, 1.807) is 6.07 Å². The van der Waals surface area contributed by atoms with Crippen molar-refractivity contribution >= 4 is 10.9 Å². The zero-order valence-electron chi connectivity index (χ0n) is 13.9. The molecule has 1 aliphatic rings. The summed E-state index contributed by atoms with van der Waals surface area (Å²) in [5, 5.41) is 9.73. The first-order valence-electron chi connectivity index (χ1n) is 8.26. The summed E-state index contributed by atoms with van der Waals surface area (Å²) >= 11 is 0. The van der Waals surface area contributed by atoms with Crippen LogP contribution in [0.3, 0.4) is 0 Å². The van der Waals surface area contributed by atoms with E-state index in [0.717, 1.165) is 50.3 Å². The van der Waals surface area contributed by atoms with E-state index in [1.165, 1.54) is 0 Å². The number of H-pyrrole nitrogens is 1. The smallest absolute Gasteiger partial charge is 0.266 e. The van der Waals surface area contributed by atoms with Crippen LogP contribution in [0, 0.1) is 11.3 Å². The molecule has 1 fully saturated rings. The highest BCUT2D eigenvalue weighted by atomic mass is 16.5. The standard InChI is InChI=1S/C18H22N4O2/c1-21-6-8-22(9-7-21)5-2-10-24-16-4-3-14-11-15(13-19)18(23)20-17(14)12-16/h3-4,11-12H,2,5-10H2,1H3,(H,20,23). The quantitative estimate of drug-likeness (QED) is 0.841. The van der Waals surface area contributed by atoms with Gasteiger partial charge in [-0.1, -0.05) is 0 Å². The van der Waals surface area contributed by atoms with Gasteiger partial charge in [0.05, 0.1) is 12.1 Å². The number of hydrogen-bond acceptors (Lipinski definition) is 5. The van der Waals surface area contributed by atoms with Crippen molar-refractivity contribution in [2.45, 2.75) is 6.42 Å². The summed E-state index contributed by atoms with van der Waals surface area (Å²) in [6.07, 6.45) is 0.978. The van der Waals surface area contributed by atoms with Crippen molar-refractivity contribution in [3.63, 3.8) is 0 Å². The lowest BCUT2D eigenvalue weighted by Gasteiger charge is -2.32. The number of aromatic nitrogens is 1. The first-order valence-corrected chi connectivity index (χ1v) is 8.26. The largest absolute Gasteiger partial charge is 0.493 e. The number of piperazine rings is 1. The Bertz CT molecular complexity index is 801. The van der Waals surface area contributed by atoms with Gasteiger partial charge in [0.2, 0.25) is 0 Å². The number of fused-ring (bicyclic) bond motifs is 1. The maximum Gasteiger partial charge on any atom is 0.266 e. The van der Waals surface area contributed by atoms with Crippen molar-refractivity contribution in [1.29, 1.82) is 5.26 Å². The molecule has 0 aliphatic carbocycles. The normalized spacial score (nSPS) is 16.2. The van der Waals surface area contributed by atoms with Crippen molar-refractivity contribution < 1.29 is 4.74 Å². The molecule has 126 valence electrons. The maximum absolute atomic E-state index is 11.7. The molecule has 1 saturated heterocycles. The van der Waals surface area contributed by atoms with Crippen LogP contribution >= 0.6 is 0 Å². The van der Waals surface area contributed by atoms with Gasteiger partial charge < -0.3 is 19.5 Å². The van der Waals surface area contributed by atoms with Gasteiger partial charge in [0, 0.05) is 38.8 Å². The van der Waals surface area contributed by atoms with Crippen LogP contribution < -0.4 is 10.3 Å². The number of nitriles is 1. The third-order valence-corrected chi connectivity index (χ3v) is 4.42. The van der Waals surface area contributed by atoms with Gasteiger partial charge in [-0.3, -0.25) is 4.79 Å². The van der Waals surface area contributed by atoms with Gasteiger partial charge in [-0.05, 0) is 37.1 Å². The fourth-order valence-electron chi connectivity index (χ4n) is 2.90. The Morgan fingerprint density at radius 3 is 2.79 bits per heavy atom. The highest BCUT2D eigenvalue weighted by Crippen LogP contribution is 2.19. The zero-order chi connectivity index (χ0) is 16.9. The Hall–Kier alpha value is -2.36. The van der Waals surface area contributed by atoms with E-state index in [9.17, 15) is 4.79 Å². The SMILES string of the molecule is CN1CCN(CCCOc2ccc3cc(C#N)c(=O)[nH]c3c2)CC1. The molecular formula is C18H22N4O2. The second-order valence-corrected chi connectivity index (χ2v) is 6.22. The Morgan fingerprint density at radius 2 is 2.04 bits per heavy atom. The predicted octanol–water partition coefficient (Wildman–Crippen LogP) is 1.42. The van der Waals surface area contributed by atoms with Crippen molar-refractivity contribution in [2.24, 2.45) is 0 Å². The lowest BCUT2D eigenvalue weighted by Crippen LogP contribution is -2.44. The summed E-state index contributed by atoms with van der Waals surface area (Å²) in [6, 6.07) is 9.05. The van der Waals surface area contributed by atoms with Crippen LogP contribution in [0.15, 0.2) is 29.1 Å². The number of nitrogens with zero attached hydrogens (tertiary/aromatic N) is 3. The van der Waals surface area contributed by atoms with E-state index in [1.807, 2.05) is 24.3 Å². The number of aromatic amines is 1. The Labute approximate surface area is 141 Å². The van der Waals surface area contributed by atoms with E-state index in [-0.39, 0.29) is 11.1 Å². The average molecular weight is 326 g/mol. The molecule has 0 radical (unpaired) electrons. The molecule has 1 aliphatic heterocycles. The molecule has 2 heterocycles. The lowest BCUT2D eigenvalue weighted by molar-refractivity contribution is 0.145. The van der Waals surface area contributed by atoms with Gasteiger partial charge >= 0.3 is 0 Å². The second kappa shape index (κ2) is 7.47. The third-order valence-electron chi connectivity index (χ3n) is 4.42. The van der Waals surface area contributed by atoms with Crippen molar-refractivity contribution in [3.05, 3.63) is 40.2 Å². The summed E-state index contributed by atoms with van der Waals surface area (Å²) in [4.78, 5) is 19.2. The van der Waals surface area contributed by atoms with Crippen LogP contribution in [0.5, 0.6) is 5.75 Å². The second-order valence-electron chi connectivity index (χ2n) is 6.22. The minimum Gasteiger partial charge on any atom is -0.493 e. The highest BCUT2D eigenvalue weighted by molar-refractivity contribution is 5.81. The molecule has 2 aromatic rings. The van der Waals surface area contributed by atoms with Crippen LogP contribution in [0.2, 0.25) is 0 Å². The number of likely N-dealkylation sites (N-methyl/N-ethyl adjacent to an activating group) is 1. The fourth-order valence-corrected chi connectivity index (χ4v) is 2.90. The van der Waals surface area contributed by atoms with E-state index in [4.69, 9.17) is 10.00 Å². The predicted molar refractivity (Wildman–Crippen MR) is 93.3 cm³/mol. The maximum atomic E-state index is 11.7. The van der Waals surface area contributed by atoms with Crippen LogP contribution in [-0.2, 0) is 0 Å². The van der Waals surface area contributed by atoms with Crippen molar-refractivity contribution in [2.75, 3.05) is 46.4 Å². The molecule has 1 aromatic heterocycles. The van der Waals surface area contributed by atoms with Crippen LogP contribution in [0.4, 0.5) is 0 Å². The molecule has 1 aromatic carbocycles. The van der Waals surface area contributed by atoms with Gasteiger partial charge in [-0.15, -0.1) is 0 Å². The van der Waals surface area contributed by atoms with Crippen molar-refractivity contribution in [3.8, 4) is 11.8 Å². The molecule has 0 saturated carbocycles. The molecule has 6 heteroatoms. The molecule has 0 amide bonds. The summed E-state index contributed by atoms with van der Waals surface area (Å²) in [6.45, 7) is 6.19. The van der Waals surface area contributed by atoms with Crippen LogP contribution in [0.1, 0.15) is 12.0 Å². The molecule has 0 spiro atoms. The number of pyridine rings is 1. The van der Waals surface area contributed by atoms with Gasteiger partial charge in [0.1, 0.15) is 17.4 Å². The molecule has 24 heavy (non-hydrogen) atoms. The minimum absolute atomic E-state index is 0.128. The molecular weight excluding hydrogens is 304 g/mol. The summed E-state index contributed by atoms with van der Waals surface area (Å²) in [5.74, 6) is 0.737. The minimum atomic E-state index is -0.364. The first kappa shape index (κ1) is 16.5. The number of rotatable bonds is 5. The Morgan fingerprint density at radius 1 is 1.25 bits per heavy atom. The van der Waals surface area contributed by atoms with E-state index in [0.29, 0.717) is 12.1 Å². The molecule has 0 unspecified atom stereocenters. The Balaban J connectivity index is 1.54. The van der Waals surface area contributed by atoms with Gasteiger partial charge in [-0.2, -0.15) is 5.26 Å². The summed E-state index contributed by atoms with van der Waals surface area (Å²) < 4.78 is 5.80. The molecule has 1 N–H and O–H groups in total. The zero-order valence-corrected chi connectivity index (χ0v) is 13.9. The highest BCUT2D eigenvalue weighted by Gasteiger charge is 2.12. The van der Waals surface area contributed by atoms with Gasteiger partial charge in [-0.25, -0.2) is 0 Å². The van der Waals surface area contributed by atoms with Gasteiger partial charge in [0.15, 0.2) is 0 Å². The fraction of sp³-hybridized carbons (Fsp3) is 0.444. The molecule has 0 atom stereocenters.